The number of likely N-dealkylation sites (tertiary alicyclic amines) is 1. The van der Waals surface area contributed by atoms with Crippen LogP contribution in [0.2, 0.25) is 0 Å². The van der Waals surface area contributed by atoms with Crippen LogP contribution in [0.1, 0.15) is 25.7 Å². The maximum Gasteiger partial charge on any atom is 0.407 e. The van der Waals surface area contributed by atoms with Crippen molar-refractivity contribution >= 4 is 6.09 Å². The highest BCUT2D eigenvalue weighted by Gasteiger charge is 2.42. The third-order valence-corrected chi connectivity index (χ3v) is 4.58. The van der Waals surface area contributed by atoms with Gasteiger partial charge in [-0.25, -0.2) is 4.79 Å². The second kappa shape index (κ2) is 5.05. The molecule has 18 heavy (non-hydrogen) atoms. The molecular formula is C13H23N3O2. The van der Waals surface area contributed by atoms with Gasteiger partial charge in [0.1, 0.15) is 6.61 Å². The fraction of sp³-hybridized carbons (Fsp3) is 0.923. The molecule has 1 spiro atoms. The summed E-state index contributed by atoms with van der Waals surface area (Å²) < 4.78 is 5.05. The first-order valence-electron chi connectivity index (χ1n) is 7.14. The van der Waals surface area contributed by atoms with E-state index in [4.69, 9.17) is 4.74 Å². The third kappa shape index (κ3) is 2.62. The summed E-state index contributed by atoms with van der Waals surface area (Å²) in [4.78, 5) is 13.7. The summed E-state index contributed by atoms with van der Waals surface area (Å²) in [5, 5.41) is 6.47. The van der Waals surface area contributed by atoms with E-state index in [9.17, 15) is 4.79 Å². The molecule has 2 N–H and O–H groups in total. The van der Waals surface area contributed by atoms with Crippen LogP contribution in [0.5, 0.6) is 0 Å². The number of hydrogen-bond acceptors (Lipinski definition) is 4. The molecule has 0 bridgehead atoms. The summed E-state index contributed by atoms with van der Waals surface area (Å²) in [5.74, 6) is 0.808. The number of amides is 1. The fourth-order valence-electron chi connectivity index (χ4n) is 3.37. The molecule has 0 aromatic heterocycles. The van der Waals surface area contributed by atoms with Gasteiger partial charge in [-0.2, -0.15) is 0 Å². The van der Waals surface area contributed by atoms with Crippen molar-refractivity contribution in [3.63, 3.8) is 0 Å². The highest BCUT2D eigenvalue weighted by atomic mass is 16.6. The number of hydrogen-bond donors (Lipinski definition) is 2. The molecule has 3 saturated heterocycles. The first kappa shape index (κ1) is 12.2. The van der Waals surface area contributed by atoms with Crippen molar-refractivity contribution in [3.05, 3.63) is 0 Å². The molecule has 1 atom stereocenters. The predicted octanol–water partition coefficient (Wildman–Crippen LogP) is 0.560. The van der Waals surface area contributed by atoms with E-state index in [1.165, 1.54) is 32.5 Å². The Labute approximate surface area is 108 Å². The van der Waals surface area contributed by atoms with Gasteiger partial charge in [-0.15, -0.1) is 0 Å². The van der Waals surface area contributed by atoms with Gasteiger partial charge in [0.15, 0.2) is 0 Å². The van der Waals surface area contributed by atoms with Crippen LogP contribution >= 0.6 is 0 Å². The summed E-state index contributed by atoms with van der Waals surface area (Å²) in [6.45, 7) is 6.29. The molecule has 3 aliphatic heterocycles. The maximum absolute atomic E-state index is 11.2. The molecule has 3 fully saturated rings. The first-order valence-corrected chi connectivity index (χ1v) is 7.14. The van der Waals surface area contributed by atoms with E-state index >= 15 is 0 Å². The standard InChI is InChI=1S/C13H23N3O2/c17-12-15-13(10-18-12)3-6-16(7-4-13)9-11-2-1-5-14-8-11/h11,14H,1-10H2,(H,15,17). The minimum atomic E-state index is -0.236. The van der Waals surface area contributed by atoms with Crippen molar-refractivity contribution in [1.29, 1.82) is 0 Å². The van der Waals surface area contributed by atoms with Crippen LogP contribution in [0.3, 0.4) is 0 Å². The average molecular weight is 253 g/mol. The normalized spacial score (nSPS) is 32.2. The smallest absolute Gasteiger partial charge is 0.407 e. The molecule has 0 aliphatic carbocycles. The first-order chi connectivity index (χ1) is 8.76. The Kier molecular flexibility index (Phi) is 3.43. The van der Waals surface area contributed by atoms with Crippen molar-refractivity contribution in [1.82, 2.24) is 15.5 Å². The lowest BCUT2D eigenvalue weighted by atomic mass is 9.88. The Hall–Kier alpha value is -0.810. The lowest BCUT2D eigenvalue weighted by Crippen LogP contribution is -2.53. The van der Waals surface area contributed by atoms with Gasteiger partial charge in [0.05, 0.1) is 5.54 Å². The highest BCUT2D eigenvalue weighted by molar-refractivity contribution is 5.70. The Balaban J connectivity index is 1.46. The minimum Gasteiger partial charge on any atom is -0.447 e. The number of carbonyl (C=O) groups is 1. The third-order valence-electron chi connectivity index (χ3n) is 4.58. The molecule has 5 heteroatoms. The quantitative estimate of drug-likeness (QED) is 0.755. The average Bonchev–Trinajstić information content (AvgIpc) is 2.75. The Bertz CT molecular complexity index is 307. The molecule has 3 aliphatic rings. The van der Waals surface area contributed by atoms with Crippen LogP contribution in [0.4, 0.5) is 4.79 Å². The number of cyclic esters (lactones) is 1. The Morgan fingerprint density at radius 3 is 2.83 bits per heavy atom. The van der Waals surface area contributed by atoms with E-state index in [0.29, 0.717) is 6.61 Å². The van der Waals surface area contributed by atoms with Gasteiger partial charge in [0.2, 0.25) is 0 Å². The van der Waals surface area contributed by atoms with E-state index < -0.39 is 0 Å². The summed E-state index contributed by atoms with van der Waals surface area (Å²) in [6.07, 6.45) is 4.48. The number of alkyl carbamates (subject to hydrolysis) is 1. The zero-order chi connectivity index (χ0) is 12.4. The lowest BCUT2D eigenvalue weighted by Gasteiger charge is -2.39. The van der Waals surface area contributed by atoms with Crippen LogP contribution < -0.4 is 10.6 Å². The summed E-state index contributed by atoms with van der Waals surface area (Å²) in [7, 11) is 0. The van der Waals surface area contributed by atoms with Gasteiger partial charge in [0, 0.05) is 19.6 Å². The van der Waals surface area contributed by atoms with Crippen molar-refractivity contribution < 1.29 is 9.53 Å². The van der Waals surface area contributed by atoms with E-state index in [0.717, 1.165) is 31.8 Å². The summed E-state index contributed by atoms with van der Waals surface area (Å²) >= 11 is 0. The highest BCUT2D eigenvalue weighted by Crippen LogP contribution is 2.27. The van der Waals surface area contributed by atoms with E-state index in [-0.39, 0.29) is 11.6 Å². The van der Waals surface area contributed by atoms with E-state index in [1.807, 2.05) is 0 Å². The van der Waals surface area contributed by atoms with E-state index in [2.05, 4.69) is 15.5 Å². The maximum atomic E-state index is 11.2. The zero-order valence-electron chi connectivity index (χ0n) is 10.9. The minimum absolute atomic E-state index is 0.0571. The molecule has 0 aromatic carbocycles. The van der Waals surface area contributed by atoms with Gasteiger partial charge < -0.3 is 20.3 Å². The van der Waals surface area contributed by atoms with Gasteiger partial charge in [-0.3, -0.25) is 0 Å². The molecule has 1 amide bonds. The lowest BCUT2D eigenvalue weighted by molar-refractivity contribution is 0.112. The van der Waals surface area contributed by atoms with Crippen molar-refractivity contribution in [2.24, 2.45) is 5.92 Å². The Morgan fingerprint density at radius 1 is 1.39 bits per heavy atom. The second-order valence-corrected chi connectivity index (χ2v) is 5.99. The van der Waals surface area contributed by atoms with Crippen molar-refractivity contribution in [2.75, 3.05) is 39.3 Å². The van der Waals surface area contributed by atoms with Gasteiger partial charge in [0.25, 0.3) is 0 Å². The molecule has 0 saturated carbocycles. The molecule has 0 aromatic rings. The van der Waals surface area contributed by atoms with Gasteiger partial charge >= 0.3 is 6.09 Å². The second-order valence-electron chi connectivity index (χ2n) is 5.99. The number of nitrogens with zero attached hydrogens (tertiary/aromatic N) is 1. The fourth-order valence-corrected chi connectivity index (χ4v) is 3.37. The Morgan fingerprint density at radius 2 is 2.22 bits per heavy atom. The number of piperidine rings is 2. The van der Waals surface area contributed by atoms with Crippen molar-refractivity contribution in [3.8, 4) is 0 Å². The number of carbonyl (C=O) groups excluding carboxylic acids is 1. The van der Waals surface area contributed by atoms with Gasteiger partial charge in [-0.05, 0) is 44.7 Å². The predicted molar refractivity (Wildman–Crippen MR) is 68.5 cm³/mol. The monoisotopic (exact) mass is 253 g/mol. The molecule has 102 valence electrons. The van der Waals surface area contributed by atoms with Crippen LogP contribution in [-0.4, -0.2) is 55.9 Å². The molecule has 0 radical (unpaired) electrons. The zero-order valence-corrected chi connectivity index (χ0v) is 10.9. The topological polar surface area (TPSA) is 53.6 Å². The van der Waals surface area contributed by atoms with Crippen LogP contribution in [0.25, 0.3) is 0 Å². The SMILES string of the molecule is O=C1NC2(CCN(CC3CCCNC3)CC2)CO1. The molecular weight excluding hydrogens is 230 g/mol. The summed E-state index contributed by atoms with van der Waals surface area (Å²) in [6, 6.07) is 0. The molecule has 3 rings (SSSR count). The molecule has 1 unspecified atom stereocenters. The van der Waals surface area contributed by atoms with Crippen molar-refractivity contribution in [2.45, 2.75) is 31.2 Å². The van der Waals surface area contributed by atoms with E-state index in [1.54, 1.807) is 0 Å². The van der Waals surface area contributed by atoms with Crippen LogP contribution in [0.15, 0.2) is 0 Å². The number of rotatable bonds is 2. The number of ether oxygens (including phenoxy) is 1. The summed E-state index contributed by atoms with van der Waals surface area (Å²) in [5.41, 5.74) is -0.0571. The largest absolute Gasteiger partial charge is 0.447 e. The van der Waals surface area contributed by atoms with Crippen LogP contribution in [0, 0.1) is 5.92 Å². The number of nitrogens with one attached hydrogen (secondary N) is 2. The molecule has 5 nitrogen and oxygen atoms in total. The van der Waals surface area contributed by atoms with Gasteiger partial charge in [-0.1, -0.05) is 0 Å². The van der Waals surface area contributed by atoms with Crippen LogP contribution in [-0.2, 0) is 4.74 Å². The molecule has 3 heterocycles.